The van der Waals surface area contributed by atoms with Gasteiger partial charge in [0.15, 0.2) is 5.13 Å². The van der Waals surface area contributed by atoms with Crippen LogP contribution >= 0.6 is 11.3 Å². The number of nitrogens with one attached hydrogen (secondary N) is 1. The van der Waals surface area contributed by atoms with Crippen LogP contribution in [0, 0.1) is 0 Å². The van der Waals surface area contributed by atoms with Crippen molar-refractivity contribution < 1.29 is 0 Å². The Labute approximate surface area is 114 Å². The van der Waals surface area contributed by atoms with E-state index in [1.54, 1.807) is 11.3 Å². The molecule has 0 bridgehead atoms. The summed E-state index contributed by atoms with van der Waals surface area (Å²) in [6.45, 7) is 3.12. The maximum Gasteiger partial charge on any atom is 0.185 e. The van der Waals surface area contributed by atoms with Gasteiger partial charge in [0.05, 0.1) is 5.69 Å². The minimum Gasteiger partial charge on any atom is -0.351 e. The summed E-state index contributed by atoms with van der Waals surface area (Å²) in [4.78, 5) is 9.16. The topological polar surface area (TPSA) is 31.4 Å². The van der Waals surface area contributed by atoms with Crippen LogP contribution in [0.4, 0.5) is 5.13 Å². The van der Waals surface area contributed by atoms with E-state index >= 15 is 0 Å². The van der Waals surface area contributed by atoms with Crippen LogP contribution in [0.1, 0.15) is 25.0 Å². The molecule has 2 rings (SSSR count). The lowest BCUT2D eigenvalue weighted by atomic mass is 10.4. The molecule has 1 aromatic rings. The van der Waals surface area contributed by atoms with Gasteiger partial charge in [-0.05, 0) is 39.9 Å². The number of thiazole rings is 1. The number of aromatic nitrogens is 1. The summed E-state index contributed by atoms with van der Waals surface area (Å²) in [5.41, 5.74) is 1.18. The average molecular weight is 268 g/mol. The molecule has 1 fully saturated rings. The third-order valence-electron chi connectivity index (χ3n) is 3.11. The van der Waals surface area contributed by atoms with Crippen molar-refractivity contribution in [2.24, 2.45) is 0 Å². The molecule has 0 aromatic carbocycles. The zero-order chi connectivity index (χ0) is 13.0. The molecule has 0 amide bonds. The normalized spacial score (nSPS) is 15.3. The maximum absolute atomic E-state index is 4.68. The molecule has 0 spiro atoms. The van der Waals surface area contributed by atoms with Crippen molar-refractivity contribution in [2.45, 2.75) is 31.8 Å². The first-order valence-corrected chi connectivity index (χ1v) is 7.57. The molecular weight excluding hydrogens is 244 g/mol. The first kappa shape index (κ1) is 13.8. The van der Waals surface area contributed by atoms with E-state index in [1.807, 2.05) is 0 Å². The van der Waals surface area contributed by atoms with Gasteiger partial charge in [0.25, 0.3) is 0 Å². The Kier molecular flexibility index (Phi) is 4.97. The lowest BCUT2D eigenvalue weighted by Gasteiger charge is -2.17. The van der Waals surface area contributed by atoms with E-state index in [-0.39, 0.29) is 0 Å². The molecule has 1 saturated carbocycles. The van der Waals surface area contributed by atoms with Gasteiger partial charge in [-0.25, -0.2) is 4.98 Å². The third-order valence-corrected chi connectivity index (χ3v) is 4.12. The average Bonchev–Trinajstić information content (AvgIpc) is 3.03. The standard InChI is InChI=1S/C13H24N4S/c1-16(2)7-4-8-17(3)13-15-12(10-18-13)9-14-11-5-6-11/h10-11,14H,4-9H2,1-3H3. The fourth-order valence-electron chi connectivity index (χ4n) is 1.81. The number of hydrogen-bond donors (Lipinski definition) is 1. The molecule has 0 saturated heterocycles. The van der Waals surface area contributed by atoms with Crippen molar-refractivity contribution in [1.82, 2.24) is 15.2 Å². The summed E-state index contributed by atoms with van der Waals surface area (Å²) < 4.78 is 0. The maximum atomic E-state index is 4.68. The van der Waals surface area contributed by atoms with Gasteiger partial charge < -0.3 is 15.1 Å². The van der Waals surface area contributed by atoms with Crippen LogP contribution in [0.3, 0.4) is 0 Å². The van der Waals surface area contributed by atoms with Crippen LogP contribution in [0.15, 0.2) is 5.38 Å². The fourth-order valence-corrected chi connectivity index (χ4v) is 2.63. The SMILES string of the molecule is CN(C)CCCN(C)c1nc(CNC2CC2)cs1. The highest BCUT2D eigenvalue weighted by Gasteiger charge is 2.20. The van der Waals surface area contributed by atoms with Crippen LogP contribution in [0.25, 0.3) is 0 Å². The van der Waals surface area contributed by atoms with Crippen LogP contribution in [-0.4, -0.2) is 50.2 Å². The molecule has 18 heavy (non-hydrogen) atoms. The van der Waals surface area contributed by atoms with Gasteiger partial charge in [-0.1, -0.05) is 0 Å². The first-order valence-electron chi connectivity index (χ1n) is 6.69. The number of anilines is 1. The first-order chi connectivity index (χ1) is 8.65. The molecule has 4 nitrogen and oxygen atoms in total. The lowest BCUT2D eigenvalue weighted by molar-refractivity contribution is 0.401. The van der Waals surface area contributed by atoms with E-state index in [0.29, 0.717) is 0 Å². The summed E-state index contributed by atoms with van der Waals surface area (Å²) in [6.07, 6.45) is 3.85. The van der Waals surface area contributed by atoms with E-state index in [0.717, 1.165) is 30.8 Å². The zero-order valence-corrected chi connectivity index (χ0v) is 12.5. The summed E-state index contributed by atoms with van der Waals surface area (Å²) in [6, 6.07) is 0.757. The predicted octanol–water partition coefficient (Wildman–Crippen LogP) is 1.78. The van der Waals surface area contributed by atoms with E-state index in [1.165, 1.54) is 25.0 Å². The van der Waals surface area contributed by atoms with Crippen molar-refractivity contribution in [1.29, 1.82) is 0 Å². The van der Waals surface area contributed by atoms with E-state index in [2.05, 4.69) is 46.6 Å². The van der Waals surface area contributed by atoms with Crippen LogP contribution in [-0.2, 0) is 6.54 Å². The molecule has 1 aromatic heterocycles. The Morgan fingerprint density at radius 2 is 2.11 bits per heavy atom. The molecule has 1 heterocycles. The van der Waals surface area contributed by atoms with E-state index < -0.39 is 0 Å². The highest BCUT2D eigenvalue weighted by molar-refractivity contribution is 7.13. The van der Waals surface area contributed by atoms with Gasteiger partial charge in [-0.2, -0.15) is 0 Å². The van der Waals surface area contributed by atoms with Gasteiger partial charge >= 0.3 is 0 Å². The fraction of sp³-hybridized carbons (Fsp3) is 0.769. The molecule has 0 aliphatic heterocycles. The number of hydrogen-bond acceptors (Lipinski definition) is 5. The van der Waals surface area contributed by atoms with Crippen molar-refractivity contribution in [3.63, 3.8) is 0 Å². The van der Waals surface area contributed by atoms with Crippen molar-refractivity contribution in [3.8, 4) is 0 Å². The van der Waals surface area contributed by atoms with Gasteiger partial charge in [-0.3, -0.25) is 0 Å². The summed E-state index contributed by atoms with van der Waals surface area (Å²) in [5, 5.41) is 6.82. The highest BCUT2D eigenvalue weighted by Crippen LogP contribution is 2.22. The monoisotopic (exact) mass is 268 g/mol. The van der Waals surface area contributed by atoms with Gasteiger partial charge in [0.2, 0.25) is 0 Å². The van der Waals surface area contributed by atoms with Crippen LogP contribution in [0.5, 0.6) is 0 Å². The highest BCUT2D eigenvalue weighted by atomic mass is 32.1. The third kappa shape index (κ3) is 4.55. The lowest BCUT2D eigenvalue weighted by Crippen LogP contribution is -2.23. The van der Waals surface area contributed by atoms with E-state index in [9.17, 15) is 0 Å². The second-order valence-electron chi connectivity index (χ2n) is 5.35. The van der Waals surface area contributed by atoms with Crippen molar-refractivity contribution >= 4 is 16.5 Å². The van der Waals surface area contributed by atoms with Gasteiger partial charge in [0.1, 0.15) is 0 Å². The molecule has 1 N–H and O–H groups in total. The van der Waals surface area contributed by atoms with E-state index in [4.69, 9.17) is 0 Å². The number of nitrogens with zero attached hydrogens (tertiary/aromatic N) is 3. The zero-order valence-electron chi connectivity index (χ0n) is 11.6. The number of rotatable bonds is 8. The van der Waals surface area contributed by atoms with Gasteiger partial charge in [-0.15, -0.1) is 11.3 Å². The molecule has 0 atom stereocenters. The Morgan fingerprint density at radius 1 is 1.33 bits per heavy atom. The smallest absolute Gasteiger partial charge is 0.185 e. The summed E-state index contributed by atoms with van der Waals surface area (Å²) in [7, 11) is 6.36. The Bertz CT molecular complexity index is 360. The van der Waals surface area contributed by atoms with Crippen LogP contribution in [0.2, 0.25) is 0 Å². The minimum absolute atomic E-state index is 0.757. The minimum atomic E-state index is 0.757. The van der Waals surface area contributed by atoms with Crippen molar-refractivity contribution in [3.05, 3.63) is 11.1 Å². The second-order valence-corrected chi connectivity index (χ2v) is 6.19. The molecule has 0 radical (unpaired) electrons. The summed E-state index contributed by atoms with van der Waals surface area (Å²) in [5.74, 6) is 0. The Morgan fingerprint density at radius 3 is 2.78 bits per heavy atom. The van der Waals surface area contributed by atoms with Crippen molar-refractivity contribution in [2.75, 3.05) is 39.1 Å². The molecule has 1 aliphatic rings. The molecular formula is C13H24N4S. The van der Waals surface area contributed by atoms with Crippen LogP contribution < -0.4 is 10.2 Å². The van der Waals surface area contributed by atoms with Gasteiger partial charge in [0, 0.05) is 31.6 Å². The Balaban J connectivity index is 1.73. The molecule has 0 unspecified atom stereocenters. The molecule has 1 aliphatic carbocycles. The summed E-state index contributed by atoms with van der Waals surface area (Å²) >= 11 is 1.75. The second kappa shape index (κ2) is 6.50. The largest absolute Gasteiger partial charge is 0.351 e. The quantitative estimate of drug-likeness (QED) is 0.779. The molecule has 5 heteroatoms. The Hall–Kier alpha value is -0.650. The predicted molar refractivity (Wildman–Crippen MR) is 78.4 cm³/mol. The molecule has 102 valence electrons.